The van der Waals surface area contributed by atoms with Gasteiger partial charge in [0.2, 0.25) is 6.79 Å². The highest BCUT2D eigenvalue weighted by Gasteiger charge is 2.18. The van der Waals surface area contributed by atoms with Crippen LogP contribution in [-0.4, -0.2) is 43.0 Å². The van der Waals surface area contributed by atoms with Crippen LogP contribution in [0.1, 0.15) is 30.1 Å². The molecule has 25 heavy (non-hydrogen) atoms. The number of nitrogens with zero attached hydrogens (tertiary/aromatic N) is 1. The Labute approximate surface area is 147 Å². The molecule has 132 valence electrons. The van der Waals surface area contributed by atoms with E-state index in [0.717, 1.165) is 29.2 Å². The average Bonchev–Trinajstić information content (AvgIpc) is 3.32. The smallest absolute Gasteiger partial charge is 0.231 e. The molecule has 1 fully saturated rings. The lowest BCUT2D eigenvalue weighted by atomic mass is 10.0. The van der Waals surface area contributed by atoms with Crippen LogP contribution >= 0.6 is 0 Å². The Balaban J connectivity index is 1.36. The summed E-state index contributed by atoms with van der Waals surface area (Å²) in [6.45, 7) is 4.28. The van der Waals surface area contributed by atoms with Crippen LogP contribution in [0.5, 0.6) is 17.2 Å². The molecule has 5 nitrogen and oxygen atoms in total. The van der Waals surface area contributed by atoms with E-state index in [1.165, 1.54) is 25.9 Å². The van der Waals surface area contributed by atoms with Gasteiger partial charge in [-0.25, -0.2) is 0 Å². The Hall–Kier alpha value is -2.24. The zero-order valence-electron chi connectivity index (χ0n) is 14.2. The second-order valence-electron chi connectivity index (χ2n) is 6.48. The summed E-state index contributed by atoms with van der Waals surface area (Å²) in [7, 11) is 0. The average molecular weight is 341 g/mol. The molecule has 0 spiro atoms. The molecule has 2 heterocycles. The minimum atomic E-state index is -0.701. The molecular weight excluding hydrogens is 318 g/mol. The molecule has 2 aromatic carbocycles. The topological polar surface area (TPSA) is 51.2 Å². The van der Waals surface area contributed by atoms with Crippen LogP contribution in [0.15, 0.2) is 42.5 Å². The van der Waals surface area contributed by atoms with Crippen LogP contribution in [0.2, 0.25) is 0 Å². The zero-order chi connectivity index (χ0) is 17.1. The summed E-state index contributed by atoms with van der Waals surface area (Å²) in [6, 6.07) is 13.1. The molecule has 1 saturated heterocycles. The van der Waals surface area contributed by atoms with Gasteiger partial charge >= 0.3 is 0 Å². The molecule has 0 aromatic heterocycles. The second-order valence-corrected chi connectivity index (χ2v) is 6.48. The van der Waals surface area contributed by atoms with Gasteiger partial charge in [0.25, 0.3) is 0 Å². The van der Waals surface area contributed by atoms with Gasteiger partial charge in [-0.2, -0.15) is 0 Å². The third-order valence-electron chi connectivity index (χ3n) is 4.78. The van der Waals surface area contributed by atoms with E-state index in [-0.39, 0.29) is 6.79 Å². The van der Waals surface area contributed by atoms with Crippen molar-refractivity contribution in [3.8, 4) is 17.2 Å². The molecule has 0 bridgehead atoms. The lowest BCUT2D eigenvalue weighted by Gasteiger charge is -2.16. The number of ether oxygens (including phenoxy) is 3. The Bertz CT molecular complexity index is 710. The normalized spacial score (nSPS) is 17.6. The number of aliphatic hydroxyl groups excluding tert-OH is 1. The summed E-state index contributed by atoms with van der Waals surface area (Å²) < 4.78 is 16.5. The summed E-state index contributed by atoms with van der Waals surface area (Å²) in [5.74, 6) is 2.23. The van der Waals surface area contributed by atoms with Gasteiger partial charge in [-0.05, 0) is 61.3 Å². The van der Waals surface area contributed by atoms with Gasteiger partial charge < -0.3 is 19.3 Å². The van der Waals surface area contributed by atoms with Crippen LogP contribution in [0.25, 0.3) is 0 Å². The van der Waals surface area contributed by atoms with Gasteiger partial charge in [0.05, 0.1) is 0 Å². The summed E-state index contributed by atoms with van der Waals surface area (Å²) >= 11 is 0. The van der Waals surface area contributed by atoms with Crippen LogP contribution in [0, 0.1) is 0 Å². The molecule has 0 saturated carbocycles. The highest BCUT2D eigenvalue weighted by Crippen LogP contribution is 2.35. The molecule has 5 heteroatoms. The van der Waals surface area contributed by atoms with Gasteiger partial charge in [-0.15, -0.1) is 0 Å². The van der Waals surface area contributed by atoms with E-state index >= 15 is 0 Å². The monoisotopic (exact) mass is 341 g/mol. The van der Waals surface area contributed by atoms with Crippen molar-refractivity contribution in [2.45, 2.75) is 18.9 Å². The van der Waals surface area contributed by atoms with Crippen molar-refractivity contribution in [2.24, 2.45) is 0 Å². The SMILES string of the molecule is OC(c1ccc(OCCN2CCCC2)cc1)c1ccc2c(c1)OCO2. The molecule has 1 N–H and O–H groups in total. The Kier molecular flexibility index (Phi) is 4.76. The number of likely N-dealkylation sites (tertiary alicyclic amines) is 1. The molecule has 1 atom stereocenters. The van der Waals surface area contributed by atoms with E-state index in [1.807, 2.05) is 42.5 Å². The Morgan fingerprint density at radius 1 is 0.960 bits per heavy atom. The predicted octanol–water partition coefficient (Wildman–Crippen LogP) is 2.97. The van der Waals surface area contributed by atoms with E-state index in [1.54, 1.807) is 0 Å². The summed E-state index contributed by atoms with van der Waals surface area (Å²) in [6.07, 6.45) is 1.90. The van der Waals surface area contributed by atoms with Crippen LogP contribution < -0.4 is 14.2 Å². The standard InChI is InChI=1S/C20H23NO4/c22-20(16-5-8-18-19(13-16)25-14-24-18)15-3-6-17(7-4-15)23-12-11-21-9-1-2-10-21/h3-8,13,20,22H,1-2,9-12,14H2. The molecule has 2 aliphatic heterocycles. The van der Waals surface area contributed by atoms with Gasteiger partial charge in [-0.3, -0.25) is 4.90 Å². The van der Waals surface area contributed by atoms with Crippen molar-refractivity contribution in [3.63, 3.8) is 0 Å². The first-order chi connectivity index (χ1) is 12.3. The van der Waals surface area contributed by atoms with Crippen molar-refractivity contribution in [1.29, 1.82) is 0 Å². The number of benzene rings is 2. The Morgan fingerprint density at radius 3 is 2.48 bits per heavy atom. The fourth-order valence-electron chi connectivity index (χ4n) is 3.32. The summed E-state index contributed by atoms with van der Waals surface area (Å²) in [5.41, 5.74) is 1.61. The van der Waals surface area contributed by atoms with E-state index in [4.69, 9.17) is 14.2 Å². The maximum Gasteiger partial charge on any atom is 0.231 e. The van der Waals surface area contributed by atoms with Crippen molar-refractivity contribution >= 4 is 0 Å². The minimum Gasteiger partial charge on any atom is -0.492 e. The first-order valence-corrected chi connectivity index (χ1v) is 8.82. The number of aliphatic hydroxyl groups is 1. The van der Waals surface area contributed by atoms with Crippen LogP contribution in [0.4, 0.5) is 0 Å². The fourth-order valence-corrected chi connectivity index (χ4v) is 3.32. The third kappa shape index (κ3) is 3.72. The van der Waals surface area contributed by atoms with Crippen molar-refractivity contribution in [1.82, 2.24) is 4.90 Å². The minimum absolute atomic E-state index is 0.234. The molecule has 4 rings (SSSR count). The maximum absolute atomic E-state index is 10.6. The lowest BCUT2D eigenvalue weighted by Crippen LogP contribution is -2.25. The van der Waals surface area contributed by atoms with Crippen molar-refractivity contribution in [3.05, 3.63) is 53.6 Å². The number of rotatable bonds is 6. The van der Waals surface area contributed by atoms with Crippen molar-refractivity contribution < 1.29 is 19.3 Å². The van der Waals surface area contributed by atoms with Crippen LogP contribution in [0.3, 0.4) is 0 Å². The zero-order valence-corrected chi connectivity index (χ0v) is 14.2. The van der Waals surface area contributed by atoms with E-state index < -0.39 is 6.10 Å². The molecule has 0 amide bonds. The third-order valence-corrected chi connectivity index (χ3v) is 4.78. The second kappa shape index (κ2) is 7.33. The number of fused-ring (bicyclic) bond motifs is 1. The van der Waals surface area contributed by atoms with E-state index in [2.05, 4.69) is 4.90 Å². The van der Waals surface area contributed by atoms with Crippen molar-refractivity contribution in [2.75, 3.05) is 33.0 Å². The highest BCUT2D eigenvalue weighted by molar-refractivity contribution is 5.46. The molecule has 2 aromatic rings. The Morgan fingerprint density at radius 2 is 1.68 bits per heavy atom. The highest BCUT2D eigenvalue weighted by atomic mass is 16.7. The molecule has 1 unspecified atom stereocenters. The van der Waals surface area contributed by atoms with Crippen LogP contribution in [-0.2, 0) is 0 Å². The fraction of sp³-hybridized carbons (Fsp3) is 0.400. The number of hydrogen-bond donors (Lipinski definition) is 1. The summed E-state index contributed by atoms with van der Waals surface area (Å²) in [5, 5.41) is 10.6. The van der Waals surface area contributed by atoms with Gasteiger partial charge in [-0.1, -0.05) is 18.2 Å². The quantitative estimate of drug-likeness (QED) is 0.875. The van der Waals surface area contributed by atoms with Gasteiger partial charge in [0.1, 0.15) is 18.5 Å². The molecule has 0 radical (unpaired) electrons. The summed E-state index contributed by atoms with van der Waals surface area (Å²) in [4.78, 5) is 2.43. The largest absolute Gasteiger partial charge is 0.492 e. The lowest BCUT2D eigenvalue weighted by molar-refractivity contribution is 0.173. The first-order valence-electron chi connectivity index (χ1n) is 8.82. The predicted molar refractivity (Wildman–Crippen MR) is 94.2 cm³/mol. The molecule has 2 aliphatic rings. The van der Waals surface area contributed by atoms with Gasteiger partial charge in [0, 0.05) is 6.54 Å². The van der Waals surface area contributed by atoms with E-state index in [0.29, 0.717) is 12.4 Å². The first kappa shape index (κ1) is 16.2. The molecular formula is C20H23NO4. The molecule has 0 aliphatic carbocycles. The van der Waals surface area contributed by atoms with Gasteiger partial charge in [0.15, 0.2) is 11.5 Å². The maximum atomic E-state index is 10.6. The number of hydrogen-bond acceptors (Lipinski definition) is 5. The van der Waals surface area contributed by atoms with E-state index in [9.17, 15) is 5.11 Å².